The van der Waals surface area contributed by atoms with E-state index in [1.54, 1.807) is 0 Å². The summed E-state index contributed by atoms with van der Waals surface area (Å²) in [5, 5.41) is 3.62. The van der Waals surface area contributed by atoms with Crippen molar-refractivity contribution in [2.24, 2.45) is 0 Å². The Hall–Kier alpha value is 0.255. The zero-order valence-corrected chi connectivity index (χ0v) is 17.6. The van der Waals surface area contributed by atoms with Gasteiger partial charge in [0.1, 0.15) is 0 Å². The Morgan fingerprint density at radius 3 is 2.85 bits per heavy atom. The van der Waals surface area contributed by atoms with Crippen LogP contribution in [0.1, 0.15) is 19.8 Å². The Balaban J connectivity index is 0.00000147. The number of anilines is 1. The second-order valence-corrected chi connectivity index (χ2v) is 5.31. The van der Waals surface area contributed by atoms with Gasteiger partial charge in [-0.2, -0.15) is 18.2 Å². The molecule has 0 bridgehead atoms. The Morgan fingerprint density at radius 1 is 1.40 bits per heavy atom. The molecule has 1 saturated heterocycles. The van der Waals surface area contributed by atoms with E-state index in [-0.39, 0.29) is 58.2 Å². The molecular weight excluding hydrogens is 322 g/mol. The number of nitrogens with one attached hydrogen (secondary N) is 1. The summed E-state index contributed by atoms with van der Waals surface area (Å²) in [5.74, 6) is 0.995. The normalized spacial score (nSPS) is 17.1. The molecular formula is C15H21N4Rb. The van der Waals surface area contributed by atoms with Gasteiger partial charge in [-0.1, -0.05) is 0 Å². The Kier molecular flexibility index (Phi) is 6.23. The summed E-state index contributed by atoms with van der Waals surface area (Å²) in [6.45, 7) is 5.42. The molecule has 1 aliphatic heterocycles. The van der Waals surface area contributed by atoms with Gasteiger partial charge in [0.15, 0.2) is 5.95 Å². The predicted octanol–water partition coefficient (Wildman–Crippen LogP) is -0.634. The van der Waals surface area contributed by atoms with Crippen molar-refractivity contribution in [3.05, 3.63) is 24.3 Å². The van der Waals surface area contributed by atoms with E-state index in [0.29, 0.717) is 6.04 Å². The van der Waals surface area contributed by atoms with Crippen molar-refractivity contribution in [3.8, 4) is 0 Å². The number of fused-ring (bicyclic) bond motifs is 1. The minimum Gasteiger partial charge on any atom is -0.365 e. The molecule has 102 valence electrons. The van der Waals surface area contributed by atoms with Gasteiger partial charge in [-0.25, -0.2) is 4.98 Å². The fraction of sp³-hybridized carbons (Fsp3) is 0.533. The third-order valence-electron chi connectivity index (χ3n) is 3.95. The van der Waals surface area contributed by atoms with Crippen molar-refractivity contribution < 1.29 is 58.2 Å². The van der Waals surface area contributed by atoms with E-state index in [2.05, 4.69) is 45.9 Å². The second-order valence-electron chi connectivity index (χ2n) is 5.31. The van der Waals surface area contributed by atoms with E-state index in [1.807, 2.05) is 12.1 Å². The topological polar surface area (TPSA) is 33.1 Å². The third-order valence-corrected chi connectivity index (χ3v) is 3.95. The molecule has 1 aromatic carbocycles. The first-order chi connectivity index (χ1) is 9.28. The minimum absolute atomic E-state index is 0. The molecule has 0 saturated carbocycles. The monoisotopic (exact) mass is 342 g/mol. The number of benzene rings is 1. The number of hydrogen-bond acceptors (Lipinski definition) is 3. The first-order valence-corrected chi connectivity index (χ1v) is 7.10. The maximum absolute atomic E-state index is 4.68. The van der Waals surface area contributed by atoms with E-state index < -0.39 is 0 Å². The van der Waals surface area contributed by atoms with Gasteiger partial charge in [0.05, 0.1) is 0 Å². The van der Waals surface area contributed by atoms with E-state index >= 15 is 0 Å². The van der Waals surface area contributed by atoms with Crippen molar-refractivity contribution in [1.29, 1.82) is 0 Å². The van der Waals surface area contributed by atoms with Gasteiger partial charge in [0.25, 0.3) is 0 Å². The molecule has 20 heavy (non-hydrogen) atoms. The SMILES string of the molecule is CCn1c(NC2CCN(C)CC2)nc2[c-]cccc21.[Rb+]. The molecule has 4 nitrogen and oxygen atoms in total. The average Bonchev–Trinajstić information content (AvgIpc) is 2.78. The Bertz CT molecular complexity index is 558. The second kappa shape index (κ2) is 7.50. The molecule has 0 spiro atoms. The summed E-state index contributed by atoms with van der Waals surface area (Å²) < 4.78 is 2.24. The summed E-state index contributed by atoms with van der Waals surface area (Å²) in [5.41, 5.74) is 2.13. The Morgan fingerprint density at radius 2 is 2.15 bits per heavy atom. The van der Waals surface area contributed by atoms with Crippen LogP contribution in [0.4, 0.5) is 5.95 Å². The fourth-order valence-corrected chi connectivity index (χ4v) is 2.77. The van der Waals surface area contributed by atoms with E-state index in [1.165, 1.54) is 18.4 Å². The maximum Gasteiger partial charge on any atom is 1.00 e. The van der Waals surface area contributed by atoms with Crippen LogP contribution in [0.2, 0.25) is 0 Å². The average molecular weight is 343 g/mol. The zero-order chi connectivity index (χ0) is 13.2. The Labute approximate surface area is 169 Å². The standard InChI is InChI=1S/C15H21N4.Rb/c1-3-19-14-7-5-4-6-13(14)17-15(19)16-12-8-10-18(2)11-9-12;/h4-5,7,12H,3,8-11H2,1-2H3,(H,16,17);/q-1;+1. The van der Waals surface area contributed by atoms with E-state index in [9.17, 15) is 0 Å². The summed E-state index contributed by atoms with van der Waals surface area (Å²) in [6.07, 6.45) is 2.38. The fourth-order valence-electron chi connectivity index (χ4n) is 2.77. The molecule has 0 amide bonds. The molecule has 0 unspecified atom stereocenters. The number of aryl methyl sites for hydroxylation is 1. The molecule has 2 heterocycles. The van der Waals surface area contributed by atoms with Gasteiger partial charge >= 0.3 is 58.2 Å². The first-order valence-electron chi connectivity index (χ1n) is 7.10. The van der Waals surface area contributed by atoms with Crippen molar-refractivity contribution in [2.45, 2.75) is 32.4 Å². The molecule has 3 rings (SSSR count). The van der Waals surface area contributed by atoms with Crippen LogP contribution in [-0.4, -0.2) is 40.6 Å². The molecule has 0 aliphatic carbocycles. The van der Waals surface area contributed by atoms with Crippen molar-refractivity contribution in [3.63, 3.8) is 0 Å². The largest absolute Gasteiger partial charge is 1.00 e. The maximum atomic E-state index is 4.68. The number of rotatable bonds is 3. The van der Waals surface area contributed by atoms with E-state index in [0.717, 1.165) is 31.1 Å². The van der Waals surface area contributed by atoms with Gasteiger partial charge in [0, 0.05) is 12.6 Å². The van der Waals surface area contributed by atoms with E-state index in [4.69, 9.17) is 0 Å². The van der Waals surface area contributed by atoms with Gasteiger partial charge < -0.3 is 14.8 Å². The van der Waals surface area contributed by atoms with Crippen LogP contribution in [-0.2, 0) is 6.54 Å². The number of nitrogens with zero attached hydrogens (tertiary/aromatic N) is 3. The zero-order valence-electron chi connectivity index (χ0n) is 12.7. The molecule has 2 aromatic rings. The predicted molar refractivity (Wildman–Crippen MR) is 78.4 cm³/mol. The molecule has 1 N–H and O–H groups in total. The molecule has 0 atom stereocenters. The van der Waals surface area contributed by atoms with Gasteiger partial charge in [-0.05, 0) is 50.9 Å². The number of aromatic nitrogens is 2. The van der Waals surface area contributed by atoms with Crippen LogP contribution in [0, 0.1) is 6.07 Å². The number of imidazole rings is 1. The summed E-state index contributed by atoms with van der Waals surface area (Å²) in [4.78, 5) is 7.06. The van der Waals surface area contributed by atoms with Crippen LogP contribution >= 0.6 is 0 Å². The van der Waals surface area contributed by atoms with Crippen LogP contribution in [0.25, 0.3) is 11.0 Å². The minimum atomic E-state index is 0. The number of piperidine rings is 1. The van der Waals surface area contributed by atoms with Crippen LogP contribution in [0.15, 0.2) is 18.2 Å². The molecule has 1 aliphatic rings. The summed E-state index contributed by atoms with van der Waals surface area (Å²) >= 11 is 0. The third kappa shape index (κ3) is 3.53. The summed E-state index contributed by atoms with van der Waals surface area (Å²) in [7, 11) is 2.19. The van der Waals surface area contributed by atoms with Crippen molar-refractivity contribution >= 4 is 17.0 Å². The molecule has 5 heteroatoms. The first kappa shape index (κ1) is 16.6. The van der Waals surface area contributed by atoms with Gasteiger partial charge in [-0.3, -0.25) is 0 Å². The smallest absolute Gasteiger partial charge is 0.365 e. The van der Waals surface area contributed by atoms with Crippen molar-refractivity contribution in [1.82, 2.24) is 14.5 Å². The summed E-state index contributed by atoms with van der Waals surface area (Å²) in [6, 6.07) is 9.81. The van der Waals surface area contributed by atoms with Crippen LogP contribution < -0.4 is 63.5 Å². The molecule has 0 radical (unpaired) electrons. The van der Waals surface area contributed by atoms with Crippen LogP contribution in [0.3, 0.4) is 0 Å². The quantitative estimate of drug-likeness (QED) is 0.754. The van der Waals surface area contributed by atoms with Gasteiger partial charge in [-0.15, -0.1) is 6.07 Å². The van der Waals surface area contributed by atoms with Gasteiger partial charge in [0.2, 0.25) is 0 Å². The number of hydrogen-bond donors (Lipinski definition) is 1. The molecule has 1 aromatic heterocycles. The molecule has 1 fully saturated rings. The number of para-hydroxylation sites is 1. The van der Waals surface area contributed by atoms with Crippen LogP contribution in [0.5, 0.6) is 0 Å². The van der Waals surface area contributed by atoms with Crippen molar-refractivity contribution in [2.75, 3.05) is 25.5 Å². The number of likely N-dealkylation sites (tertiary alicyclic amines) is 1.